The monoisotopic (exact) mass is 436 g/mol. The molecule has 0 bridgehead atoms. The lowest BCUT2D eigenvalue weighted by molar-refractivity contribution is 0.350. The Bertz CT molecular complexity index is 1070. The van der Waals surface area contributed by atoms with Gasteiger partial charge < -0.3 is 28.5 Å². The van der Waals surface area contributed by atoms with Crippen molar-refractivity contribution in [3.8, 4) is 40.1 Å². The maximum atomic E-state index is 12.7. The van der Waals surface area contributed by atoms with Crippen LogP contribution in [0.2, 0.25) is 0 Å². The number of methoxy groups -OCH3 is 4. The number of hydrogen-bond acceptors (Lipinski definition) is 7. The fraction of sp³-hybridized carbons (Fsp3) is 0.211. The summed E-state index contributed by atoms with van der Waals surface area (Å²) in [5.74, 6) is 1.01. The van der Waals surface area contributed by atoms with Crippen LogP contribution in [0.3, 0.4) is 0 Å². The van der Waals surface area contributed by atoms with Crippen molar-refractivity contribution in [1.29, 1.82) is 0 Å². The molecule has 2 aromatic carbocycles. The van der Waals surface area contributed by atoms with Crippen molar-refractivity contribution in [1.82, 2.24) is 0 Å². The summed E-state index contributed by atoms with van der Waals surface area (Å²) in [6, 6.07) is 6.41. The van der Waals surface area contributed by atoms with Crippen molar-refractivity contribution >= 4 is 26.9 Å². The second kappa shape index (κ2) is 7.40. The first-order chi connectivity index (χ1) is 13.0. The number of aromatic hydroxyl groups is 1. The summed E-state index contributed by atoms with van der Waals surface area (Å²) in [5.41, 5.74) is 0.000844. The van der Waals surface area contributed by atoms with E-state index >= 15 is 0 Å². The number of rotatable bonds is 5. The number of hydrogen-bond donors (Lipinski definition) is 1. The molecule has 0 aliphatic heterocycles. The van der Waals surface area contributed by atoms with Crippen LogP contribution in [0.4, 0.5) is 0 Å². The third-order valence-corrected chi connectivity index (χ3v) is 4.67. The topological polar surface area (TPSA) is 87.4 Å². The van der Waals surface area contributed by atoms with Gasteiger partial charge in [0.2, 0.25) is 16.9 Å². The van der Waals surface area contributed by atoms with E-state index in [0.29, 0.717) is 27.3 Å². The average molecular weight is 437 g/mol. The van der Waals surface area contributed by atoms with Crippen LogP contribution in [0.5, 0.6) is 28.7 Å². The maximum absolute atomic E-state index is 12.7. The van der Waals surface area contributed by atoms with E-state index in [0.717, 1.165) is 0 Å². The fourth-order valence-corrected chi connectivity index (χ4v) is 3.36. The Kier molecular flexibility index (Phi) is 5.18. The van der Waals surface area contributed by atoms with Gasteiger partial charge in [-0.1, -0.05) is 0 Å². The third-order valence-electron chi connectivity index (χ3n) is 4.08. The fourth-order valence-electron chi connectivity index (χ4n) is 2.79. The molecule has 0 amide bonds. The lowest BCUT2D eigenvalue weighted by atomic mass is 10.1. The largest absolute Gasteiger partial charge is 0.502 e. The zero-order chi connectivity index (χ0) is 19.7. The Labute approximate surface area is 163 Å². The van der Waals surface area contributed by atoms with Crippen LogP contribution >= 0.6 is 15.9 Å². The zero-order valence-electron chi connectivity index (χ0n) is 15.1. The smallest absolute Gasteiger partial charge is 0.235 e. The lowest BCUT2D eigenvalue weighted by Crippen LogP contribution is -2.05. The first-order valence-electron chi connectivity index (χ1n) is 7.79. The molecule has 0 radical (unpaired) electrons. The maximum Gasteiger partial charge on any atom is 0.235 e. The van der Waals surface area contributed by atoms with Crippen LogP contribution < -0.4 is 24.4 Å². The molecule has 3 rings (SSSR count). The predicted octanol–water partition coefficient (Wildman–Crippen LogP) is 3.96. The molecule has 142 valence electrons. The van der Waals surface area contributed by atoms with E-state index in [1.807, 2.05) is 0 Å². The van der Waals surface area contributed by atoms with Gasteiger partial charge in [-0.3, -0.25) is 4.79 Å². The van der Waals surface area contributed by atoms with Gasteiger partial charge in [-0.25, -0.2) is 0 Å². The Hall–Kier alpha value is -2.87. The number of fused-ring (bicyclic) bond motifs is 1. The van der Waals surface area contributed by atoms with Crippen molar-refractivity contribution in [3.63, 3.8) is 0 Å². The molecule has 0 aliphatic carbocycles. The van der Waals surface area contributed by atoms with Crippen molar-refractivity contribution in [3.05, 3.63) is 39.0 Å². The van der Waals surface area contributed by atoms with Crippen LogP contribution in [0, 0.1) is 0 Å². The molecular weight excluding hydrogens is 420 g/mol. The van der Waals surface area contributed by atoms with Crippen LogP contribution in [-0.2, 0) is 0 Å². The molecule has 0 saturated carbocycles. The summed E-state index contributed by atoms with van der Waals surface area (Å²) in [6.07, 6.45) is 0. The van der Waals surface area contributed by atoms with Crippen molar-refractivity contribution in [2.75, 3.05) is 28.4 Å². The van der Waals surface area contributed by atoms with Gasteiger partial charge in [0, 0.05) is 5.56 Å². The molecule has 27 heavy (non-hydrogen) atoms. The normalized spacial score (nSPS) is 10.7. The van der Waals surface area contributed by atoms with Gasteiger partial charge in [0.15, 0.2) is 28.6 Å². The Morgan fingerprint density at radius 2 is 1.59 bits per heavy atom. The minimum absolute atomic E-state index is 0.0175. The molecule has 8 heteroatoms. The summed E-state index contributed by atoms with van der Waals surface area (Å²) >= 11 is 3.33. The van der Waals surface area contributed by atoms with Gasteiger partial charge in [-0.15, -0.1) is 0 Å². The highest BCUT2D eigenvalue weighted by Crippen LogP contribution is 2.44. The predicted molar refractivity (Wildman–Crippen MR) is 103 cm³/mol. The molecule has 0 fully saturated rings. The molecule has 3 aromatic rings. The Morgan fingerprint density at radius 1 is 0.926 bits per heavy atom. The molecule has 1 heterocycles. The van der Waals surface area contributed by atoms with Gasteiger partial charge in [-0.2, -0.15) is 0 Å². The van der Waals surface area contributed by atoms with Crippen molar-refractivity contribution in [2.24, 2.45) is 0 Å². The molecule has 0 spiro atoms. The van der Waals surface area contributed by atoms with Crippen LogP contribution in [0.15, 0.2) is 37.9 Å². The third kappa shape index (κ3) is 3.06. The number of benzene rings is 2. The summed E-state index contributed by atoms with van der Waals surface area (Å²) in [7, 11) is 5.92. The quantitative estimate of drug-likeness (QED) is 0.647. The van der Waals surface area contributed by atoms with E-state index in [9.17, 15) is 9.90 Å². The molecule has 0 aliphatic rings. The Balaban J connectivity index is 2.37. The van der Waals surface area contributed by atoms with Crippen molar-refractivity contribution < 1.29 is 28.5 Å². The number of halogens is 1. The van der Waals surface area contributed by atoms with E-state index in [1.165, 1.54) is 34.5 Å². The van der Waals surface area contributed by atoms with Crippen LogP contribution in [0.1, 0.15) is 0 Å². The Morgan fingerprint density at radius 3 is 2.19 bits per heavy atom. The van der Waals surface area contributed by atoms with Gasteiger partial charge in [-0.05, 0) is 40.2 Å². The van der Waals surface area contributed by atoms with E-state index in [4.69, 9.17) is 23.4 Å². The average Bonchev–Trinajstić information content (AvgIpc) is 2.69. The van der Waals surface area contributed by atoms with E-state index < -0.39 is 11.2 Å². The summed E-state index contributed by atoms with van der Waals surface area (Å²) in [4.78, 5) is 12.7. The number of ether oxygens (including phenoxy) is 4. The molecular formula is C19H17BrO7. The minimum Gasteiger partial charge on any atom is -0.502 e. The summed E-state index contributed by atoms with van der Waals surface area (Å²) < 4.78 is 27.6. The molecule has 0 atom stereocenters. The highest BCUT2D eigenvalue weighted by atomic mass is 79.9. The second-order valence-electron chi connectivity index (χ2n) is 5.48. The molecule has 0 saturated heterocycles. The van der Waals surface area contributed by atoms with Crippen LogP contribution in [0.25, 0.3) is 22.3 Å². The van der Waals surface area contributed by atoms with Gasteiger partial charge in [0.1, 0.15) is 0 Å². The summed E-state index contributed by atoms with van der Waals surface area (Å²) in [5, 5.41) is 10.6. The van der Waals surface area contributed by atoms with Crippen molar-refractivity contribution in [2.45, 2.75) is 0 Å². The SMILES string of the molecule is COc1ccc(-c2oc3c(OC)c(OC)c(Br)cc3c(=O)c2O)cc1OC. The first-order valence-corrected chi connectivity index (χ1v) is 8.58. The molecule has 1 aromatic heterocycles. The van der Waals surface area contributed by atoms with E-state index in [2.05, 4.69) is 15.9 Å². The second-order valence-corrected chi connectivity index (χ2v) is 6.33. The summed E-state index contributed by atoms with van der Waals surface area (Å²) in [6.45, 7) is 0. The van der Waals surface area contributed by atoms with E-state index in [1.54, 1.807) is 18.2 Å². The standard InChI is InChI=1S/C19H17BrO7/c1-23-12-6-5-9(7-13(12)24-2)16-15(22)14(21)10-8-11(20)18(25-3)19(26-4)17(10)27-16/h5-8,22H,1-4H3. The first kappa shape index (κ1) is 18.9. The minimum atomic E-state index is -0.595. The molecule has 0 unspecified atom stereocenters. The molecule has 7 nitrogen and oxygen atoms in total. The highest BCUT2D eigenvalue weighted by Gasteiger charge is 2.23. The highest BCUT2D eigenvalue weighted by molar-refractivity contribution is 9.10. The van der Waals surface area contributed by atoms with Gasteiger partial charge in [0.25, 0.3) is 0 Å². The van der Waals surface area contributed by atoms with Crippen LogP contribution in [-0.4, -0.2) is 33.5 Å². The van der Waals surface area contributed by atoms with Gasteiger partial charge in [0.05, 0.1) is 38.3 Å². The van der Waals surface area contributed by atoms with E-state index in [-0.39, 0.29) is 22.5 Å². The zero-order valence-corrected chi connectivity index (χ0v) is 16.7. The lowest BCUT2D eigenvalue weighted by Gasteiger charge is -2.14. The molecule has 1 N–H and O–H groups in total. The van der Waals surface area contributed by atoms with Gasteiger partial charge >= 0.3 is 0 Å².